The van der Waals surface area contributed by atoms with Crippen LogP contribution >= 0.6 is 0 Å². The lowest BCUT2D eigenvalue weighted by Crippen LogP contribution is -2.43. The molecule has 0 aromatic heterocycles. The summed E-state index contributed by atoms with van der Waals surface area (Å²) >= 11 is 0. The SMILES string of the molecule is COC(=O)C1CCN(C(=O)[C@H]2CC(=O)N(c3cc(OC)ccc3OC)C2)CC1. The standard InChI is InChI=1S/C20H26N2O6/c1-26-15-4-5-17(27-2)16(11-15)22-12-14(10-18(22)23)19(24)21-8-6-13(7-9-21)20(25)28-3/h4-5,11,13-14H,6-10,12H2,1-3H3/t14-/m0/s1. The number of nitrogens with zero attached hydrogens (tertiary/aromatic N) is 2. The second kappa shape index (κ2) is 8.50. The Hall–Kier alpha value is -2.77. The van der Waals surface area contributed by atoms with Gasteiger partial charge in [-0.25, -0.2) is 0 Å². The van der Waals surface area contributed by atoms with Gasteiger partial charge in [-0.15, -0.1) is 0 Å². The Balaban J connectivity index is 1.68. The van der Waals surface area contributed by atoms with Crippen LogP contribution in [0.15, 0.2) is 18.2 Å². The first-order chi connectivity index (χ1) is 13.5. The van der Waals surface area contributed by atoms with Crippen LogP contribution in [0.2, 0.25) is 0 Å². The van der Waals surface area contributed by atoms with Gasteiger partial charge >= 0.3 is 5.97 Å². The van der Waals surface area contributed by atoms with Crippen LogP contribution in [0.1, 0.15) is 19.3 Å². The minimum absolute atomic E-state index is 0.0407. The zero-order valence-corrected chi connectivity index (χ0v) is 16.5. The Morgan fingerprint density at radius 1 is 1.04 bits per heavy atom. The number of anilines is 1. The van der Waals surface area contributed by atoms with E-state index < -0.39 is 5.92 Å². The summed E-state index contributed by atoms with van der Waals surface area (Å²) in [6.07, 6.45) is 1.34. The third-order valence-corrected chi connectivity index (χ3v) is 5.49. The average Bonchev–Trinajstić information content (AvgIpc) is 3.13. The van der Waals surface area contributed by atoms with Crippen molar-refractivity contribution >= 4 is 23.5 Å². The van der Waals surface area contributed by atoms with Crippen molar-refractivity contribution in [2.75, 3.05) is 45.9 Å². The number of amides is 2. The molecule has 2 amide bonds. The molecule has 0 unspecified atom stereocenters. The predicted octanol–water partition coefficient (Wildman–Crippen LogP) is 1.47. The van der Waals surface area contributed by atoms with Crippen LogP contribution in [0.4, 0.5) is 5.69 Å². The molecule has 3 rings (SSSR count). The fraction of sp³-hybridized carbons (Fsp3) is 0.550. The number of carbonyl (C=O) groups is 3. The number of methoxy groups -OCH3 is 3. The van der Waals surface area contributed by atoms with Gasteiger partial charge < -0.3 is 24.0 Å². The molecule has 0 saturated carbocycles. The van der Waals surface area contributed by atoms with E-state index in [4.69, 9.17) is 14.2 Å². The van der Waals surface area contributed by atoms with Gasteiger partial charge in [-0.05, 0) is 25.0 Å². The maximum Gasteiger partial charge on any atom is 0.308 e. The molecule has 0 radical (unpaired) electrons. The highest BCUT2D eigenvalue weighted by Crippen LogP contribution is 2.36. The molecule has 2 fully saturated rings. The molecule has 152 valence electrons. The quantitative estimate of drug-likeness (QED) is 0.708. The first kappa shape index (κ1) is 20.0. The van der Waals surface area contributed by atoms with Crippen LogP contribution in [-0.2, 0) is 19.1 Å². The average molecular weight is 390 g/mol. The first-order valence-electron chi connectivity index (χ1n) is 9.37. The molecule has 2 aliphatic rings. The van der Waals surface area contributed by atoms with Gasteiger partial charge in [0.25, 0.3) is 0 Å². The summed E-state index contributed by atoms with van der Waals surface area (Å²) in [7, 11) is 4.48. The lowest BCUT2D eigenvalue weighted by Gasteiger charge is -2.32. The number of carbonyl (C=O) groups excluding carboxylic acids is 3. The zero-order valence-electron chi connectivity index (χ0n) is 16.5. The zero-order chi connectivity index (χ0) is 20.3. The predicted molar refractivity (Wildman–Crippen MR) is 101 cm³/mol. The first-order valence-corrected chi connectivity index (χ1v) is 9.37. The van der Waals surface area contributed by atoms with Gasteiger partial charge in [-0.1, -0.05) is 0 Å². The van der Waals surface area contributed by atoms with Crippen molar-refractivity contribution in [3.63, 3.8) is 0 Å². The van der Waals surface area contributed by atoms with Crippen molar-refractivity contribution in [2.45, 2.75) is 19.3 Å². The summed E-state index contributed by atoms with van der Waals surface area (Å²) in [6.45, 7) is 1.32. The molecule has 8 heteroatoms. The van der Waals surface area contributed by atoms with E-state index in [2.05, 4.69) is 0 Å². The lowest BCUT2D eigenvalue weighted by atomic mass is 9.95. The third kappa shape index (κ3) is 3.90. The fourth-order valence-corrected chi connectivity index (χ4v) is 3.87. The van der Waals surface area contributed by atoms with Crippen molar-refractivity contribution in [2.24, 2.45) is 11.8 Å². The molecule has 2 heterocycles. The Labute approximate surface area is 164 Å². The Morgan fingerprint density at radius 3 is 2.36 bits per heavy atom. The molecule has 0 spiro atoms. The molecule has 2 aliphatic heterocycles. The van der Waals surface area contributed by atoms with Crippen molar-refractivity contribution in [1.82, 2.24) is 4.90 Å². The highest BCUT2D eigenvalue weighted by Gasteiger charge is 2.39. The molecule has 1 atom stereocenters. The number of likely N-dealkylation sites (tertiary alicyclic amines) is 1. The summed E-state index contributed by atoms with van der Waals surface area (Å²) in [5.41, 5.74) is 0.603. The molecule has 1 aromatic carbocycles. The second-order valence-electron chi connectivity index (χ2n) is 7.07. The van der Waals surface area contributed by atoms with E-state index >= 15 is 0 Å². The molecule has 28 heavy (non-hydrogen) atoms. The van der Waals surface area contributed by atoms with Crippen LogP contribution in [0.25, 0.3) is 0 Å². The summed E-state index contributed by atoms with van der Waals surface area (Å²) in [5.74, 6) is 0.231. The van der Waals surface area contributed by atoms with Crippen molar-refractivity contribution in [3.8, 4) is 11.5 Å². The fourth-order valence-electron chi connectivity index (χ4n) is 3.87. The number of benzene rings is 1. The van der Waals surface area contributed by atoms with Gasteiger partial charge in [0.2, 0.25) is 11.8 Å². The van der Waals surface area contributed by atoms with Gasteiger partial charge in [-0.3, -0.25) is 14.4 Å². The monoisotopic (exact) mass is 390 g/mol. The number of esters is 1. The maximum absolute atomic E-state index is 12.9. The van der Waals surface area contributed by atoms with Gasteiger partial charge in [0.05, 0.1) is 38.9 Å². The Bertz CT molecular complexity index is 757. The Kier molecular flexibility index (Phi) is 6.06. The number of hydrogen-bond donors (Lipinski definition) is 0. The largest absolute Gasteiger partial charge is 0.497 e. The van der Waals surface area contributed by atoms with Gasteiger partial charge in [0.1, 0.15) is 11.5 Å². The summed E-state index contributed by atoms with van der Waals surface area (Å²) < 4.78 is 15.4. The van der Waals surface area contributed by atoms with E-state index in [-0.39, 0.29) is 30.1 Å². The summed E-state index contributed by atoms with van der Waals surface area (Å²) in [5, 5.41) is 0. The molecule has 0 N–H and O–H groups in total. The van der Waals surface area contributed by atoms with Crippen LogP contribution in [0.3, 0.4) is 0 Å². The normalized spacial score (nSPS) is 20.2. The van der Waals surface area contributed by atoms with E-state index in [0.29, 0.717) is 49.7 Å². The van der Waals surface area contributed by atoms with Crippen molar-refractivity contribution < 1.29 is 28.6 Å². The van der Waals surface area contributed by atoms with Crippen molar-refractivity contribution in [3.05, 3.63) is 18.2 Å². The minimum Gasteiger partial charge on any atom is -0.497 e. The van der Waals surface area contributed by atoms with E-state index in [1.807, 2.05) is 0 Å². The molecule has 0 bridgehead atoms. The van der Waals surface area contributed by atoms with E-state index in [1.54, 1.807) is 42.2 Å². The van der Waals surface area contributed by atoms with Gasteiger partial charge in [-0.2, -0.15) is 0 Å². The van der Waals surface area contributed by atoms with Crippen LogP contribution in [-0.4, -0.2) is 63.6 Å². The van der Waals surface area contributed by atoms with Gasteiger partial charge in [0, 0.05) is 32.1 Å². The molecule has 1 aromatic rings. The van der Waals surface area contributed by atoms with Crippen LogP contribution < -0.4 is 14.4 Å². The van der Waals surface area contributed by atoms with E-state index in [1.165, 1.54) is 7.11 Å². The van der Waals surface area contributed by atoms with Crippen LogP contribution in [0.5, 0.6) is 11.5 Å². The lowest BCUT2D eigenvalue weighted by molar-refractivity contribution is -0.149. The molecular weight excluding hydrogens is 364 g/mol. The number of piperidine rings is 1. The van der Waals surface area contributed by atoms with Crippen molar-refractivity contribution in [1.29, 1.82) is 0 Å². The molecule has 8 nitrogen and oxygen atoms in total. The minimum atomic E-state index is -0.405. The van der Waals surface area contributed by atoms with E-state index in [0.717, 1.165) is 0 Å². The van der Waals surface area contributed by atoms with E-state index in [9.17, 15) is 14.4 Å². The molecule has 2 saturated heterocycles. The molecule has 0 aliphatic carbocycles. The smallest absolute Gasteiger partial charge is 0.308 e. The number of rotatable bonds is 5. The highest BCUT2D eigenvalue weighted by molar-refractivity contribution is 6.01. The molecular formula is C20H26N2O6. The second-order valence-corrected chi connectivity index (χ2v) is 7.07. The summed E-state index contributed by atoms with van der Waals surface area (Å²) in [6, 6.07) is 5.25. The highest BCUT2D eigenvalue weighted by atomic mass is 16.5. The number of ether oxygens (including phenoxy) is 3. The Morgan fingerprint density at radius 2 is 1.75 bits per heavy atom. The maximum atomic E-state index is 12.9. The number of hydrogen-bond acceptors (Lipinski definition) is 6. The third-order valence-electron chi connectivity index (χ3n) is 5.49. The van der Waals surface area contributed by atoms with Gasteiger partial charge in [0.15, 0.2) is 0 Å². The van der Waals surface area contributed by atoms with Crippen LogP contribution in [0, 0.1) is 11.8 Å². The topological polar surface area (TPSA) is 85.4 Å². The summed E-state index contributed by atoms with van der Waals surface area (Å²) in [4.78, 5) is 40.5.